The minimum Gasteiger partial charge on any atom is -0.354 e. The molecule has 32 heavy (non-hydrogen) atoms. The standard InChI is InChI=1S/C24H31N7O/c1-24(2,3)28-23(32)30-13-7-12-29(14-15-30)21-19-16-25-31(18-8-5-4-6-9-18)22(19)27-20(26-21)17-10-11-17/h4-6,8-9,16-17H,7,10-15H2,1-3H3,(H,28,32). The smallest absolute Gasteiger partial charge is 0.317 e. The molecule has 2 aromatic heterocycles. The molecule has 2 fully saturated rings. The molecule has 5 rings (SSSR count). The second kappa shape index (κ2) is 8.07. The zero-order chi connectivity index (χ0) is 22.3. The Morgan fingerprint density at radius 3 is 2.53 bits per heavy atom. The number of anilines is 1. The Morgan fingerprint density at radius 1 is 1.03 bits per heavy atom. The van der Waals surface area contributed by atoms with Crippen LogP contribution in [0.25, 0.3) is 16.7 Å². The van der Waals surface area contributed by atoms with Crippen molar-refractivity contribution in [1.82, 2.24) is 30.0 Å². The van der Waals surface area contributed by atoms with E-state index in [0.29, 0.717) is 12.5 Å². The lowest BCUT2D eigenvalue weighted by Gasteiger charge is -2.28. The van der Waals surface area contributed by atoms with Crippen LogP contribution in [0.3, 0.4) is 0 Å². The first-order valence-electron chi connectivity index (χ1n) is 11.5. The highest BCUT2D eigenvalue weighted by Gasteiger charge is 2.30. The lowest BCUT2D eigenvalue weighted by atomic mass is 10.1. The van der Waals surface area contributed by atoms with Crippen molar-refractivity contribution in [2.75, 3.05) is 31.1 Å². The monoisotopic (exact) mass is 433 g/mol. The van der Waals surface area contributed by atoms with Gasteiger partial charge in [-0.1, -0.05) is 18.2 Å². The number of benzene rings is 1. The molecule has 1 aliphatic carbocycles. The Kier molecular flexibility index (Phi) is 5.23. The van der Waals surface area contributed by atoms with Crippen LogP contribution in [0.2, 0.25) is 0 Å². The molecule has 3 heterocycles. The van der Waals surface area contributed by atoms with E-state index in [1.807, 2.05) is 66.9 Å². The first kappa shape index (κ1) is 20.7. The van der Waals surface area contributed by atoms with Crippen molar-refractivity contribution < 1.29 is 4.79 Å². The number of nitrogens with one attached hydrogen (secondary N) is 1. The van der Waals surface area contributed by atoms with Crippen LogP contribution < -0.4 is 10.2 Å². The maximum atomic E-state index is 12.7. The van der Waals surface area contributed by atoms with Gasteiger partial charge in [0.2, 0.25) is 0 Å². The maximum absolute atomic E-state index is 12.7. The van der Waals surface area contributed by atoms with Crippen LogP contribution in [0.5, 0.6) is 0 Å². The van der Waals surface area contributed by atoms with Gasteiger partial charge >= 0.3 is 6.03 Å². The molecule has 0 spiro atoms. The summed E-state index contributed by atoms with van der Waals surface area (Å²) in [5, 5.41) is 8.71. The van der Waals surface area contributed by atoms with Gasteiger partial charge in [0, 0.05) is 37.6 Å². The van der Waals surface area contributed by atoms with Crippen LogP contribution in [0.1, 0.15) is 51.8 Å². The Balaban J connectivity index is 1.46. The van der Waals surface area contributed by atoms with Crippen molar-refractivity contribution in [2.45, 2.75) is 51.5 Å². The van der Waals surface area contributed by atoms with Gasteiger partial charge in [-0.05, 0) is 52.2 Å². The summed E-state index contributed by atoms with van der Waals surface area (Å²) in [6.45, 7) is 9.03. The molecule has 0 bridgehead atoms. The Hall–Kier alpha value is -3.16. The van der Waals surface area contributed by atoms with Crippen molar-refractivity contribution in [3.63, 3.8) is 0 Å². The van der Waals surface area contributed by atoms with Crippen LogP contribution in [0, 0.1) is 0 Å². The lowest BCUT2D eigenvalue weighted by Crippen LogP contribution is -2.49. The van der Waals surface area contributed by atoms with Gasteiger partial charge in [0.1, 0.15) is 11.6 Å². The van der Waals surface area contributed by atoms with Gasteiger partial charge in [-0.3, -0.25) is 0 Å². The van der Waals surface area contributed by atoms with Gasteiger partial charge in [-0.25, -0.2) is 19.4 Å². The number of para-hydroxylation sites is 1. The van der Waals surface area contributed by atoms with Gasteiger partial charge in [0.25, 0.3) is 0 Å². The molecule has 1 saturated carbocycles. The molecule has 1 saturated heterocycles. The molecule has 2 aliphatic rings. The molecular weight excluding hydrogens is 402 g/mol. The minimum absolute atomic E-state index is 0.00255. The lowest BCUT2D eigenvalue weighted by molar-refractivity contribution is 0.192. The number of urea groups is 1. The number of rotatable bonds is 3. The van der Waals surface area contributed by atoms with Crippen molar-refractivity contribution in [2.24, 2.45) is 0 Å². The van der Waals surface area contributed by atoms with E-state index in [1.54, 1.807) is 0 Å². The Bertz CT molecular complexity index is 1110. The molecule has 1 N–H and O–H groups in total. The zero-order valence-corrected chi connectivity index (χ0v) is 19.1. The van der Waals surface area contributed by atoms with E-state index in [4.69, 9.17) is 9.97 Å². The molecule has 0 unspecified atom stereocenters. The topological polar surface area (TPSA) is 79.2 Å². The highest BCUT2D eigenvalue weighted by molar-refractivity contribution is 5.88. The van der Waals surface area contributed by atoms with Crippen molar-refractivity contribution in [3.8, 4) is 5.69 Å². The highest BCUT2D eigenvalue weighted by Crippen LogP contribution is 2.40. The normalized spacial score (nSPS) is 17.5. The average molecular weight is 434 g/mol. The Morgan fingerprint density at radius 2 is 1.81 bits per heavy atom. The predicted octanol–water partition coefficient (Wildman–Crippen LogP) is 3.71. The summed E-state index contributed by atoms with van der Waals surface area (Å²) in [5.74, 6) is 2.30. The number of hydrogen-bond donors (Lipinski definition) is 1. The molecule has 8 heteroatoms. The van der Waals surface area contributed by atoms with Crippen molar-refractivity contribution >= 4 is 22.9 Å². The number of carbonyl (C=O) groups is 1. The van der Waals surface area contributed by atoms with E-state index >= 15 is 0 Å². The first-order valence-corrected chi connectivity index (χ1v) is 11.5. The number of hydrogen-bond acceptors (Lipinski definition) is 5. The fourth-order valence-corrected chi connectivity index (χ4v) is 4.17. The first-order chi connectivity index (χ1) is 15.4. The summed E-state index contributed by atoms with van der Waals surface area (Å²) in [7, 11) is 0. The van der Waals surface area contributed by atoms with Crippen LogP contribution in [-0.2, 0) is 0 Å². The predicted molar refractivity (Wildman–Crippen MR) is 125 cm³/mol. The maximum Gasteiger partial charge on any atom is 0.317 e. The quantitative estimate of drug-likeness (QED) is 0.681. The fourth-order valence-electron chi connectivity index (χ4n) is 4.17. The minimum atomic E-state index is -0.243. The highest BCUT2D eigenvalue weighted by atomic mass is 16.2. The van der Waals surface area contributed by atoms with Crippen LogP contribution in [0.4, 0.5) is 10.6 Å². The van der Waals surface area contributed by atoms with Crippen LogP contribution in [0.15, 0.2) is 36.5 Å². The third-order valence-electron chi connectivity index (χ3n) is 5.93. The number of nitrogens with zero attached hydrogens (tertiary/aromatic N) is 6. The third kappa shape index (κ3) is 4.26. The molecule has 168 valence electrons. The molecule has 0 atom stereocenters. The van der Waals surface area contributed by atoms with Crippen LogP contribution >= 0.6 is 0 Å². The van der Waals surface area contributed by atoms with Gasteiger partial charge < -0.3 is 15.1 Å². The summed E-state index contributed by atoms with van der Waals surface area (Å²) in [4.78, 5) is 26.8. The molecule has 8 nitrogen and oxygen atoms in total. The SMILES string of the molecule is CC(C)(C)NC(=O)N1CCCN(c2nc(C3CC3)nc3c2cnn3-c2ccccc2)CC1. The molecule has 1 aliphatic heterocycles. The third-order valence-corrected chi connectivity index (χ3v) is 5.93. The van der Waals surface area contributed by atoms with Gasteiger partial charge in [-0.2, -0.15) is 5.10 Å². The van der Waals surface area contributed by atoms with E-state index in [2.05, 4.69) is 15.3 Å². The van der Waals surface area contributed by atoms with Gasteiger partial charge in [-0.15, -0.1) is 0 Å². The van der Waals surface area contributed by atoms with E-state index in [0.717, 1.165) is 67.3 Å². The van der Waals surface area contributed by atoms with Crippen LogP contribution in [-0.4, -0.2) is 62.4 Å². The number of carbonyl (C=O) groups excluding carboxylic acids is 1. The molecule has 3 aromatic rings. The number of amides is 2. The van der Waals surface area contributed by atoms with Gasteiger partial charge in [0.15, 0.2) is 5.65 Å². The van der Waals surface area contributed by atoms with E-state index in [-0.39, 0.29) is 11.6 Å². The molecular formula is C24H31N7O. The summed E-state index contributed by atoms with van der Waals surface area (Å²) < 4.78 is 1.91. The number of aromatic nitrogens is 4. The summed E-state index contributed by atoms with van der Waals surface area (Å²) >= 11 is 0. The van der Waals surface area contributed by atoms with Crippen molar-refractivity contribution in [1.29, 1.82) is 0 Å². The Labute approximate surface area is 188 Å². The van der Waals surface area contributed by atoms with Gasteiger partial charge in [0.05, 0.1) is 17.3 Å². The summed E-state index contributed by atoms with van der Waals surface area (Å²) in [6, 6.07) is 10.1. The summed E-state index contributed by atoms with van der Waals surface area (Å²) in [5.41, 5.74) is 1.61. The second-order valence-electron chi connectivity index (χ2n) is 9.82. The second-order valence-corrected chi connectivity index (χ2v) is 9.82. The van der Waals surface area contributed by atoms with E-state index in [9.17, 15) is 4.79 Å². The summed E-state index contributed by atoms with van der Waals surface area (Å²) in [6.07, 6.45) is 5.06. The number of fused-ring (bicyclic) bond motifs is 1. The largest absolute Gasteiger partial charge is 0.354 e. The van der Waals surface area contributed by atoms with Crippen molar-refractivity contribution in [3.05, 3.63) is 42.4 Å². The van der Waals surface area contributed by atoms with E-state index in [1.165, 1.54) is 0 Å². The fraction of sp³-hybridized carbons (Fsp3) is 0.500. The zero-order valence-electron chi connectivity index (χ0n) is 19.1. The molecule has 1 aromatic carbocycles. The van der Waals surface area contributed by atoms with E-state index < -0.39 is 0 Å². The molecule has 2 amide bonds. The average Bonchev–Trinajstić information content (AvgIpc) is 3.56. The molecule has 0 radical (unpaired) electrons.